The number of nitrogens with zero attached hydrogens (tertiary/aromatic N) is 1. The molecule has 1 heterocycles. The predicted octanol–water partition coefficient (Wildman–Crippen LogP) is 3.62. The van der Waals surface area contributed by atoms with Crippen molar-refractivity contribution in [3.8, 4) is 0 Å². The van der Waals surface area contributed by atoms with Gasteiger partial charge in [-0.3, -0.25) is 0 Å². The van der Waals surface area contributed by atoms with Crippen molar-refractivity contribution in [2.45, 2.75) is 32.2 Å². The standard InChI is InChI=1S/C16H25BrN2/c1-16(2,14-4-6-15(17)7-5-14)18-12-13-8-10-19(3)11-9-13/h4-7,13,18H,8-12H2,1-3H3. The van der Waals surface area contributed by atoms with Crippen molar-refractivity contribution in [3.05, 3.63) is 34.3 Å². The van der Waals surface area contributed by atoms with Crippen LogP contribution in [0.5, 0.6) is 0 Å². The van der Waals surface area contributed by atoms with E-state index in [-0.39, 0.29) is 5.54 Å². The first kappa shape index (κ1) is 15.0. The van der Waals surface area contributed by atoms with E-state index in [0.717, 1.165) is 16.9 Å². The Bertz CT molecular complexity index is 392. The van der Waals surface area contributed by atoms with Crippen molar-refractivity contribution < 1.29 is 0 Å². The Hall–Kier alpha value is -0.380. The Kier molecular flexibility index (Phi) is 5.04. The largest absolute Gasteiger partial charge is 0.308 e. The summed E-state index contributed by atoms with van der Waals surface area (Å²) in [5.41, 5.74) is 1.40. The monoisotopic (exact) mass is 324 g/mol. The number of hydrogen-bond donors (Lipinski definition) is 1. The highest BCUT2D eigenvalue weighted by atomic mass is 79.9. The van der Waals surface area contributed by atoms with Crippen LogP contribution < -0.4 is 5.32 Å². The molecule has 0 saturated carbocycles. The van der Waals surface area contributed by atoms with Gasteiger partial charge in [0.25, 0.3) is 0 Å². The Balaban J connectivity index is 1.88. The molecule has 0 radical (unpaired) electrons. The molecule has 19 heavy (non-hydrogen) atoms. The average Bonchev–Trinajstić information content (AvgIpc) is 2.39. The van der Waals surface area contributed by atoms with Crippen molar-refractivity contribution in [1.29, 1.82) is 0 Å². The number of nitrogens with one attached hydrogen (secondary N) is 1. The molecule has 0 amide bonds. The van der Waals surface area contributed by atoms with Crippen LogP contribution >= 0.6 is 15.9 Å². The zero-order valence-corrected chi connectivity index (χ0v) is 13.8. The van der Waals surface area contributed by atoms with Crippen LogP contribution in [0, 0.1) is 5.92 Å². The van der Waals surface area contributed by atoms with Gasteiger partial charge in [0.1, 0.15) is 0 Å². The van der Waals surface area contributed by atoms with E-state index in [1.807, 2.05) is 0 Å². The zero-order valence-electron chi connectivity index (χ0n) is 12.2. The van der Waals surface area contributed by atoms with E-state index in [1.165, 1.54) is 31.5 Å². The van der Waals surface area contributed by atoms with Crippen molar-refractivity contribution in [3.63, 3.8) is 0 Å². The fraction of sp³-hybridized carbons (Fsp3) is 0.625. The summed E-state index contributed by atoms with van der Waals surface area (Å²) in [6.07, 6.45) is 2.64. The van der Waals surface area contributed by atoms with Crippen molar-refractivity contribution in [1.82, 2.24) is 10.2 Å². The predicted molar refractivity (Wildman–Crippen MR) is 85.4 cm³/mol. The zero-order chi connectivity index (χ0) is 13.9. The fourth-order valence-corrected chi connectivity index (χ4v) is 2.90. The molecule has 1 saturated heterocycles. The van der Waals surface area contributed by atoms with Gasteiger partial charge < -0.3 is 10.2 Å². The molecule has 1 N–H and O–H groups in total. The highest BCUT2D eigenvalue weighted by molar-refractivity contribution is 9.10. The van der Waals surface area contributed by atoms with Crippen LogP contribution in [-0.4, -0.2) is 31.6 Å². The van der Waals surface area contributed by atoms with Gasteiger partial charge >= 0.3 is 0 Å². The van der Waals surface area contributed by atoms with E-state index in [2.05, 4.69) is 71.3 Å². The molecule has 106 valence electrons. The Labute approximate surface area is 125 Å². The Morgan fingerprint density at radius 2 is 1.79 bits per heavy atom. The molecule has 0 unspecified atom stereocenters. The highest BCUT2D eigenvalue weighted by Gasteiger charge is 2.23. The average molecular weight is 325 g/mol. The van der Waals surface area contributed by atoms with Gasteiger partial charge in [0.15, 0.2) is 0 Å². The number of rotatable bonds is 4. The van der Waals surface area contributed by atoms with Crippen LogP contribution in [0.1, 0.15) is 32.3 Å². The first-order valence-corrected chi connectivity index (χ1v) is 7.96. The van der Waals surface area contributed by atoms with E-state index in [0.29, 0.717) is 0 Å². The van der Waals surface area contributed by atoms with Crippen LogP contribution in [-0.2, 0) is 5.54 Å². The lowest BCUT2D eigenvalue weighted by atomic mass is 9.91. The minimum Gasteiger partial charge on any atom is -0.308 e. The van der Waals surface area contributed by atoms with E-state index >= 15 is 0 Å². The quantitative estimate of drug-likeness (QED) is 0.910. The maximum Gasteiger partial charge on any atom is 0.0377 e. The molecule has 0 aliphatic carbocycles. The first-order valence-electron chi connectivity index (χ1n) is 7.17. The summed E-state index contributed by atoms with van der Waals surface area (Å²) in [6, 6.07) is 8.64. The minimum absolute atomic E-state index is 0.0457. The van der Waals surface area contributed by atoms with Crippen LogP contribution in [0.3, 0.4) is 0 Å². The molecular weight excluding hydrogens is 300 g/mol. The van der Waals surface area contributed by atoms with E-state index in [1.54, 1.807) is 0 Å². The molecule has 1 fully saturated rings. The summed E-state index contributed by atoms with van der Waals surface area (Å²) in [5, 5.41) is 3.75. The van der Waals surface area contributed by atoms with Crippen LogP contribution in [0.25, 0.3) is 0 Å². The third kappa shape index (κ3) is 4.30. The summed E-state index contributed by atoms with van der Waals surface area (Å²) in [6.45, 7) is 8.14. The lowest BCUT2D eigenvalue weighted by Crippen LogP contribution is -2.42. The number of halogens is 1. The third-order valence-electron chi connectivity index (χ3n) is 4.24. The molecule has 2 rings (SSSR count). The van der Waals surface area contributed by atoms with Gasteiger partial charge in [-0.1, -0.05) is 28.1 Å². The molecule has 1 aliphatic rings. The van der Waals surface area contributed by atoms with E-state index < -0.39 is 0 Å². The maximum atomic E-state index is 3.75. The molecule has 0 atom stereocenters. The topological polar surface area (TPSA) is 15.3 Å². The third-order valence-corrected chi connectivity index (χ3v) is 4.77. The summed E-state index contributed by atoms with van der Waals surface area (Å²) >= 11 is 3.49. The molecule has 1 aromatic rings. The summed E-state index contributed by atoms with van der Waals surface area (Å²) in [4.78, 5) is 2.43. The fourth-order valence-electron chi connectivity index (χ4n) is 2.63. The van der Waals surface area contributed by atoms with Crippen molar-refractivity contribution in [2.24, 2.45) is 5.92 Å². The molecule has 1 aliphatic heterocycles. The smallest absolute Gasteiger partial charge is 0.0377 e. The highest BCUT2D eigenvalue weighted by Crippen LogP contribution is 2.23. The van der Waals surface area contributed by atoms with Gasteiger partial charge in [-0.25, -0.2) is 0 Å². The molecule has 1 aromatic carbocycles. The number of hydrogen-bond acceptors (Lipinski definition) is 2. The van der Waals surface area contributed by atoms with E-state index in [9.17, 15) is 0 Å². The summed E-state index contributed by atoms with van der Waals surface area (Å²) in [5.74, 6) is 0.825. The second-order valence-corrected chi connectivity index (χ2v) is 7.18. The van der Waals surface area contributed by atoms with Crippen LogP contribution in [0.15, 0.2) is 28.7 Å². The molecule has 0 aromatic heterocycles. The SMILES string of the molecule is CN1CCC(CNC(C)(C)c2ccc(Br)cc2)CC1. The van der Waals surface area contributed by atoms with Gasteiger partial charge in [0, 0.05) is 10.0 Å². The lowest BCUT2D eigenvalue weighted by Gasteiger charge is -2.33. The first-order chi connectivity index (χ1) is 8.97. The summed E-state index contributed by atoms with van der Waals surface area (Å²) in [7, 11) is 2.22. The van der Waals surface area contributed by atoms with Gasteiger partial charge in [-0.05, 0) is 77.0 Å². The second kappa shape index (κ2) is 6.38. The maximum absolute atomic E-state index is 3.75. The van der Waals surface area contributed by atoms with Crippen molar-refractivity contribution >= 4 is 15.9 Å². The Morgan fingerprint density at radius 1 is 1.21 bits per heavy atom. The minimum atomic E-state index is 0.0457. The Morgan fingerprint density at radius 3 is 2.37 bits per heavy atom. The molecule has 0 spiro atoms. The van der Waals surface area contributed by atoms with Crippen LogP contribution in [0.2, 0.25) is 0 Å². The van der Waals surface area contributed by atoms with Gasteiger partial charge in [-0.2, -0.15) is 0 Å². The number of piperidine rings is 1. The van der Waals surface area contributed by atoms with Gasteiger partial charge in [-0.15, -0.1) is 0 Å². The van der Waals surface area contributed by atoms with Crippen LogP contribution in [0.4, 0.5) is 0 Å². The second-order valence-electron chi connectivity index (χ2n) is 6.26. The van der Waals surface area contributed by atoms with Crippen molar-refractivity contribution in [2.75, 3.05) is 26.7 Å². The molecular formula is C16H25BrN2. The van der Waals surface area contributed by atoms with E-state index in [4.69, 9.17) is 0 Å². The number of benzene rings is 1. The normalized spacial score (nSPS) is 18.7. The lowest BCUT2D eigenvalue weighted by molar-refractivity contribution is 0.205. The molecule has 2 nitrogen and oxygen atoms in total. The van der Waals surface area contributed by atoms with Gasteiger partial charge in [0.05, 0.1) is 0 Å². The molecule has 0 bridgehead atoms. The number of likely N-dealkylation sites (tertiary alicyclic amines) is 1. The summed E-state index contributed by atoms with van der Waals surface area (Å²) < 4.78 is 1.14. The molecule has 3 heteroatoms. The van der Waals surface area contributed by atoms with Gasteiger partial charge in [0.2, 0.25) is 0 Å².